The number of carboxylic acid groups (broad SMARTS) is 1. The fourth-order valence-corrected chi connectivity index (χ4v) is 2.84. The largest absolute Gasteiger partial charge is 0.497 e. The standard InChI is InChI=1S/C18H19N3O4/c1-25-15-4-2-3-14(12-15)20-7-9-21(10-8-20)17(22)13-5-6-19-16(11-13)18(23)24/h2-6,11-12H,7-10H2,1H3,(H,23,24). The fraction of sp³-hybridized carbons (Fsp3) is 0.278. The van der Waals surface area contributed by atoms with Crippen LogP contribution in [0.3, 0.4) is 0 Å². The number of piperazine rings is 1. The van der Waals surface area contributed by atoms with Crippen LogP contribution in [-0.2, 0) is 0 Å². The minimum Gasteiger partial charge on any atom is -0.497 e. The van der Waals surface area contributed by atoms with Crippen molar-refractivity contribution in [3.8, 4) is 5.75 Å². The number of ether oxygens (including phenoxy) is 1. The van der Waals surface area contributed by atoms with Crippen LogP contribution in [0.15, 0.2) is 42.6 Å². The SMILES string of the molecule is COc1cccc(N2CCN(C(=O)c3ccnc(C(=O)O)c3)CC2)c1. The zero-order chi connectivity index (χ0) is 17.8. The molecule has 1 fully saturated rings. The number of amides is 1. The van der Waals surface area contributed by atoms with Crippen molar-refractivity contribution >= 4 is 17.6 Å². The van der Waals surface area contributed by atoms with E-state index in [-0.39, 0.29) is 11.6 Å². The molecule has 0 spiro atoms. The molecule has 7 heteroatoms. The average molecular weight is 341 g/mol. The van der Waals surface area contributed by atoms with Gasteiger partial charge < -0.3 is 19.6 Å². The van der Waals surface area contributed by atoms with Crippen LogP contribution in [-0.4, -0.2) is 60.2 Å². The summed E-state index contributed by atoms with van der Waals surface area (Å²) in [5, 5.41) is 9.00. The van der Waals surface area contributed by atoms with Gasteiger partial charge in [0.05, 0.1) is 7.11 Å². The van der Waals surface area contributed by atoms with E-state index in [2.05, 4.69) is 9.88 Å². The van der Waals surface area contributed by atoms with Crippen LogP contribution >= 0.6 is 0 Å². The second-order valence-corrected chi connectivity index (χ2v) is 5.72. The molecule has 1 aromatic heterocycles. The lowest BCUT2D eigenvalue weighted by Crippen LogP contribution is -2.48. The Morgan fingerprint density at radius 3 is 2.56 bits per heavy atom. The van der Waals surface area contributed by atoms with Crippen LogP contribution in [0.2, 0.25) is 0 Å². The van der Waals surface area contributed by atoms with Gasteiger partial charge in [-0.25, -0.2) is 9.78 Å². The summed E-state index contributed by atoms with van der Waals surface area (Å²) < 4.78 is 5.25. The fourth-order valence-electron chi connectivity index (χ4n) is 2.84. The number of benzene rings is 1. The molecule has 1 aromatic carbocycles. The van der Waals surface area contributed by atoms with E-state index in [1.807, 2.05) is 24.3 Å². The Bertz CT molecular complexity index is 785. The highest BCUT2D eigenvalue weighted by atomic mass is 16.5. The lowest BCUT2D eigenvalue weighted by molar-refractivity contribution is 0.0690. The smallest absolute Gasteiger partial charge is 0.354 e. The number of carbonyl (C=O) groups excluding carboxylic acids is 1. The third-order valence-corrected chi connectivity index (χ3v) is 4.21. The highest BCUT2D eigenvalue weighted by molar-refractivity contribution is 5.96. The van der Waals surface area contributed by atoms with Crippen molar-refractivity contribution in [2.45, 2.75) is 0 Å². The van der Waals surface area contributed by atoms with Crippen LogP contribution in [0.4, 0.5) is 5.69 Å². The number of aromatic carboxylic acids is 1. The molecule has 0 radical (unpaired) electrons. The predicted molar refractivity (Wildman–Crippen MR) is 92.3 cm³/mol. The molecule has 1 amide bonds. The first-order chi connectivity index (χ1) is 12.1. The molecule has 0 saturated carbocycles. The highest BCUT2D eigenvalue weighted by Crippen LogP contribution is 2.22. The number of methoxy groups -OCH3 is 1. The summed E-state index contributed by atoms with van der Waals surface area (Å²) in [7, 11) is 1.63. The summed E-state index contributed by atoms with van der Waals surface area (Å²) in [5.41, 5.74) is 1.28. The maximum absolute atomic E-state index is 12.6. The van der Waals surface area contributed by atoms with Crippen molar-refractivity contribution in [2.75, 3.05) is 38.2 Å². The van der Waals surface area contributed by atoms with Crippen molar-refractivity contribution in [3.63, 3.8) is 0 Å². The summed E-state index contributed by atoms with van der Waals surface area (Å²) in [5.74, 6) is -0.512. The number of nitrogens with zero attached hydrogens (tertiary/aromatic N) is 3. The molecule has 2 aromatic rings. The maximum atomic E-state index is 12.6. The van der Waals surface area contributed by atoms with Crippen molar-refractivity contribution in [1.29, 1.82) is 0 Å². The first kappa shape index (κ1) is 16.8. The monoisotopic (exact) mass is 341 g/mol. The number of rotatable bonds is 4. The second kappa shape index (κ2) is 7.21. The molecule has 0 unspecified atom stereocenters. The molecular weight excluding hydrogens is 322 g/mol. The maximum Gasteiger partial charge on any atom is 0.354 e. The summed E-state index contributed by atoms with van der Waals surface area (Å²) in [6, 6.07) is 10.7. The van der Waals surface area contributed by atoms with E-state index in [1.165, 1.54) is 12.3 Å². The number of hydrogen-bond acceptors (Lipinski definition) is 5. The van der Waals surface area contributed by atoms with Gasteiger partial charge in [0, 0.05) is 49.7 Å². The summed E-state index contributed by atoms with van der Waals surface area (Å²) in [4.78, 5) is 31.3. The number of pyridine rings is 1. The van der Waals surface area contributed by atoms with E-state index in [0.717, 1.165) is 11.4 Å². The zero-order valence-electron chi connectivity index (χ0n) is 13.9. The Morgan fingerprint density at radius 1 is 1.12 bits per heavy atom. The van der Waals surface area contributed by atoms with Gasteiger partial charge in [-0.05, 0) is 24.3 Å². The van der Waals surface area contributed by atoms with Gasteiger partial charge in [0.1, 0.15) is 11.4 Å². The number of aromatic nitrogens is 1. The molecule has 7 nitrogen and oxygen atoms in total. The van der Waals surface area contributed by atoms with Gasteiger partial charge in [-0.3, -0.25) is 4.79 Å². The predicted octanol–water partition coefficient (Wildman–Crippen LogP) is 1.75. The molecule has 130 valence electrons. The Labute approximate surface area is 145 Å². The Hall–Kier alpha value is -3.09. The van der Waals surface area contributed by atoms with Crippen molar-refractivity contribution in [1.82, 2.24) is 9.88 Å². The molecule has 0 atom stereocenters. The van der Waals surface area contributed by atoms with Gasteiger partial charge >= 0.3 is 5.97 Å². The van der Waals surface area contributed by atoms with E-state index < -0.39 is 5.97 Å². The third kappa shape index (κ3) is 3.71. The van der Waals surface area contributed by atoms with Gasteiger partial charge in [-0.1, -0.05) is 6.07 Å². The number of carboxylic acids is 1. The molecule has 1 saturated heterocycles. The first-order valence-corrected chi connectivity index (χ1v) is 7.96. The van der Waals surface area contributed by atoms with Crippen LogP contribution in [0.5, 0.6) is 5.75 Å². The lowest BCUT2D eigenvalue weighted by atomic mass is 10.1. The molecule has 1 N–H and O–H groups in total. The van der Waals surface area contributed by atoms with E-state index in [1.54, 1.807) is 18.1 Å². The Kier molecular flexibility index (Phi) is 4.83. The van der Waals surface area contributed by atoms with Crippen molar-refractivity contribution in [3.05, 3.63) is 53.9 Å². The number of carbonyl (C=O) groups is 2. The van der Waals surface area contributed by atoms with E-state index >= 15 is 0 Å². The van der Waals surface area contributed by atoms with Gasteiger partial charge in [0.15, 0.2) is 0 Å². The Morgan fingerprint density at radius 2 is 1.88 bits per heavy atom. The van der Waals surface area contributed by atoms with E-state index in [9.17, 15) is 9.59 Å². The molecule has 1 aliphatic heterocycles. The average Bonchev–Trinajstić information content (AvgIpc) is 2.67. The van der Waals surface area contributed by atoms with Gasteiger partial charge in [0.2, 0.25) is 0 Å². The molecule has 25 heavy (non-hydrogen) atoms. The van der Waals surface area contributed by atoms with E-state index in [4.69, 9.17) is 9.84 Å². The van der Waals surface area contributed by atoms with Gasteiger partial charge in [0.25, 0.3) is 5.91 Å². The van der Waals surface area contributed by atoms with Crippen molar-refractivity contribution < 1.29 is 19.4 Å². The topological polar surface area (TPSA) is 83.0 Å². The number of hydrogen-bond donors (Lipinski definition) is 1. The number of anilines is 1. The minimum absolute atomic E-state index is 0.124. The highest BCUT2D eigenvalue weighted by Gasteiger charge is 2.23. The lowest BCUT2D eigenvalue weighted by Gasteiger charge is -2.36. The molecule has 3 rings (SSSR count). The zero-order valence-corrected chi connectivity index (χ0v) is 13.9. The van der Waals surface area contributed by atoms with Crippen LogP contribution in [0.25, 0.3) is 0 Å². The molecule has 2 heterocycles. The van der Waals surface area contributed by atoms with E-state index in [0.29, 0.717) is 31.7 Å². The molecule has 0 bridgehead atoms. The summed E-state index contributed by atoms with van der Waals surface area (Å²) >= 11 is 0. The molecule has 1 aliphatic rings. The molecular formula is C18H19N3O4. The summed E-state index contributed by atoms with van der Waals surface area (Å²) in [6.07, 6.45) is 1.35. The van der Waals surface area contributed by atoms with Crippen LogP contribution in [0, 0.1) is 0 Å². The normalized spacial score (nSPS) is 14.3. The Balaban J connectivity index is 1.66. The first-order valence-electron chi connectivity index (χ1n) is 7.96. The minimum atomic E-state index is -1.14. The third-order valence-electron chi connectivity index (χ3n) is 4.21. The van der Waals surface area contributed by atoms with Gasteiger partial charge in [-0.15, -0.1) is 0 Å². The summed E-state index contributed by atoms with van der Waals surface area (Å²) in [6.45, 7) is 2.55. The quantitative estimate of drug-likeness (QED) is 0.912. The van der Waals surface area contributed by atoms with Gasteiger partial charge in [-0.2, -0.15) is 0 Å². The van der Waals surface area contributed by atoms with Crippen molar-refractivity contribution in [2.24, 2.45) is 0 Å². The van der Waals surface area contributed by atoms with Crippen LogP contribution in [0.1, 0.15) is 20.8 Å². The van der Waals surface area contributed by atoms with Crippen LogP contribution < -0.4 is 9.64 Å². The second-order valence-electron chi connectivity index (χ2n) is 5.72. The molecule has 0 aliphatic carbocycles.